The molecule has 21 heavy (non-hydrogen) atoms. The molecule has 5 heteroatoms. The Hall–Kier alpha value is 0.260. The summed E-state index contributed by atoms with van der Waals surface area (Å²) < 4.78 is 7.18. The van der Waals surface area contributed by atoms with Crippen molar-refractivity contribution in [2.45, 2.75) is 30.9 Å². The van der Waals surface area contributed by atoms with Crippen molar-refractivity contribution in [1.82, 2.24) is 5.32 Å². The van der Waals surface area contributed by atoms with E-state index in [2.05, 4.69) is 33.4 Å². The monoisotopic (exact) mass is 389 g/mol. The topological polar surface area (TPSA) is 21.3 Å². The highest BCUT2D eigenvalue weighted by atomic mass is 79.9. The Morgan fingerprint density at radius 1 is 1.52 bits per heavy atom. The van der Waals surface area contributed by atoms with Gasteiger partial charge in [0.05, 0.1) is 5.60 Å². The second kappa shape index (κ2) is 6.79. The Kier molecular flexibility index (Phi) is 5.22. The van der Waals surface area contributed by atoms with E-state index in [0.717, 1.165) is 34.7 Å². The first-order valence-electron chi connectivity index (χ1n) is 7.47. The van der Waals surface area contributed by atoms with Crippen molar-refractivity contribution in [3.05, 3.63) is 33.3 Å². The van der Waals surface area contributed by atoms with Crippen molar-refractivity contribution >= 4 is 39.3 Å². The normalized spacial score (nSPS) is 30.7. The van der Waals surface area contributed by atoms with E-state index >= 15 is 0 Å². The quantitative estimate of drug-likeness (QED) is 0.810. The molecule has 0 radical (unpaired) electrons. The van der Waals surface area contributed by atoms with Gasteiger partial charge in [-0.2, -0.15) is 11.8 Å². The first kappa shape index (κ1) is 16.1. The Balaban J connectivity index is 1.82. The van der Waals surface area contributed by atoms with Crippen LogP contribution in [0.5, 0.6) is 0 Å². The lowest BCUT2D eigenvalue weighted by Crippen LogP contribution is -2.43. The van der Waals surface area contributed by atoms with Gasteiger partial charge in [0.2, 0.25) is 0 Å². The van der Waals surface area contributed by atoms with Crippen molar-refractivity contribution in [3.8, 4) is 0 Å². The zero-order valence-electron chi connectivity index (χ0n) is 12.2. The highest BCUT2D eigenvalue weighted by Gasteiger charge is 2.42. The van der Waals surface area contributed by atoms with E-state index in [-0.39, 0.29) is 5.60 Å². The molecule has 0 amide bonds. The summed E-state index contributed by atoms with van der Waals surface area (Å²) in [6.45, 7) is 0.873. The molecule has 2 saturated heterocycles. The van der Waals surface area contributed by atoms with Crippen LogP contribution in [0.1, 0.15) is 30.9 Å². The second-order valence-corrected chi connectivity index (χ2v) is 8.45. The lowest BCUT2D eigenvalue weighted by atomic mass is 9.79. The molecular formula is C16H21BrClNOS. The van der Waals surface area contributed by atoms with Crippen molar-refractivity contribution < 1.29 is 4.74 Å². The molecule has 2 aliphatic rings. The average molecular weight is 391 g/mol. The van der Waals surface area contributed by atoms with Gasteiger partial charge in [0.1, 0.15) is 0 Å². The summed E-state index contributed by atoms with van der Waals surface area (Å²) >= 11 is 12.0. The third-order valence-electron chi connectivity index (χ3n) is 4.68. The average Bonchev–Trinajstić information content (AvgIpc) is 2.90. The zero-order valence-corrected chi connectivity index (χ0v) is 15.4. The van der Waals surface area contributed by atoms with E-state index in [1.165, 1.54) is 17.7 Å². The smallest absolute Gasteiger partial charge is 0.0783 e. The minimum atomic E-state index is 0.116. The predicted octanol–water partition coefficient (Wildman–Crippen LogP) is 4.67. The number of thioether (sulfide) groups is 1. The van der Waals surface area contributed by atoms with E-state index in [1.54, 1.807) is 0 Å². The molecule has 3 unspecified atom stereocenters. The molecule has 116 valence electrons. The van der Waals surface area contributed by atoms with Gasteiger partial charge in [-0.25, -0.2) is 0 Å². The third-order valence-corrected chi connectivity index (χ3v) is 6.72. The van der Waals surface area contributed by atoms with E-state index < -0.39 is 0 Å². The summed E-state index contributed by atoms with van der Waals surface area (Å²) in [5.74, 6) is 2.96. The lowest BCUT2D eigenvalue weighted by Gasteiger charge is -2.41. The van der Waals surface area contributed by atoms with Crippen molar-refractivity contribution in [2.24, 2.45) is 5.92 Å². The maximum Gasteiger partial charge on any atom is 0.0783 e. The van der Waals surface area contributed by atoms with Crippen LogP contribution in [0, 0.1) is 5.92 Å². The summed E-state index contributed by atoms with van der Waals surface area (Å²) in [6, 6.07) is 6.50. The van der Waals surface area contributed by atoms with Gasteiger partial charge < -0.3 is 10.1 Å². The maximum absolute atomic E-state index is 6.47. The van der Waals surface area contributed by atoms with E-state index in [1.807, 2.05) is 24.9 Å². The van der Waals surface area contributed by atoms with Crippen LogP contribution in [-0.4, -0.2) is 30.8 Å². The largest absolute Gasteiger partial charge is 0.374 e. The van der Waals surface area contributed by atoms with Gasteiger partial charge in [0.15, 0.2) is 0 Å². The Bertz CT molecular complexity index is 507. The van der Waals surface area contributed by atoms with Crippen LogP contribution in [0.15, 0.2) is 22.7 Å². The van der Waals surface area contributed by atoms with Crippen LogP contribution >= 0.6 is 39.3 Å². The molecule has 2 aliphatic heterocycles. The van der Waals surface area contributed by atoms with E-state index in [4.69, 9.17) is 16.3 Å². The summed E-state index contributed by atoms with van der Waals surface area (Å²) in [5.41, 5.74) is 1.32. The van der Waals surface area contributed by atoms with Gasteiger partial charge in [-0.1, -0.05) is 33.6 Å². The molecule has 0 bridgehead atoms. The number of nitrogens with one attached hydrogen (secondary N) is 1. The standard InChI is InChI=1S/C16H21BrClNOS/c1-19-15(13-3-2-12(17)8-14(13)18)11-4-6-20-16(9-11)5-7-21-10-16/h2-3,8,11,15,19H,4-7,9-10H2,1H3. The third kappa shape index (κ3) is 3.45. The van der Waals surface area contributed by atoms with Crippen LogP contribution < -0.4 is 5.32 Å². The summed E-state index contributed by atoms with van der Waals surface area (Å²) in [5, 5.41) is 4.33. The van der Waals surface area contributed by atoms with Gasteiger partial charge in [0, 0.05) is 27.9 Å². The van der Waals surface area contributed by atoms with Crippen LogP contribution in [0.2, 0.25) is 5.02 Å². The van der Waals surface area contributed by atoms with Crippen LogP contribution in [0.3, 0.4) is 0 Å². The molecule has 3 rings (SSSR count). The number of halogens is 2. The molecule has 2 nitrogen and oxygen atoms in total. The van der Waals surface area contributed by atoms with Crippen molar-refractivity contribution in [3.63, 3.8) is 0 Å². The number of benzene rings is 1. The first-order valence-corrected chi connectivity index (χ1v) is 9.80. The maximum atomic E-state index is 6.47. The molecule has 1 spiro atoms. The summed E-state index contributed by atoms with van der Waals surface area (Å²) in [6.07, 6.45) is 3.43. The molecule has 3 atom stereocenters. The lowest BCUT2D eigenvalue weighted by molar-refractivity contribution is -0.0850. The van der Waals surface area contributed by atoms with Gasteiger partial charge in [-0.05, 0) is 55.7 Å². The fourth-order valence-corrected chi connectivity index (χ4v) is 5.78. The highest BCUT2D eigenvalue weighted by Crippen LogP contribution is 2.44. The van der Waals surface area contributed by atoms with Gasteiger partial charge in [0.25, 0.3) is 0 Å². The van der Waals surface area contributed by atoms with Gasteiger partial charge >= 0.3 is 0 Å². The van der Waals surface area contributed by atoms with Crippen LogP contribution in [0.25, 0.3) is 0 Å². The molecule has 1 aromatic rings. The fraction of sp³-hybridized carbons (Fsp3) is 0.625. The van der Waals surface area contributed by atoms with Crippen molar-refractivity contribution in [2.75, 3.05) is 25.2 Å². The molecule has 2 heterocycles. The van der Waals surface area contributed by atoms with E-state index in [9.17, 15) is 0 Å². The SMILES string of the molecule is CNC(c1ccc(Br)cc1Cl)C1CCOC2(CCSC2)C1. The number of ether oxygens (including phenoxy) is 1. The Morgan fingerprint density at radius 3 is 3.05 bits per heavy atom. The minimum Gasteiger partial charge on any atom is -0.374 e. The van der Waals surface area contributed by atoms with Crippen molar-refractivity contribution in [1.29, 1.82) is 0 Å². The number of rotatable bonds is 3. The second-order valence-electron chi connectivity index (χ2n) is 6.02. The predicted molar refractivity (Wildman–Crippen MR) is 94.3 cm³/mol. The number of hydrogen-bond donors (Lipinski definition) is 1. The fourth-order valence-electron chi connectivity index (χ4n) is 3.61. The van der Waals surface area contributed by atoms with Gasteiger partial charge in [-0.3, -0.25) is 0 Å². The number of hydrogen-bond acceptors (Lipinski definition) is 3. The first-order chi connectivity index (χ1) is 10.1. The summed E-state index contributed by atoms with van der Waals surface area (Å²) in [4.78, 5) is 0. The van der Waals surface area contributed by atoms with Crippen LogP contribution in [0.4, 0.5) is 0 Å². The Morgan fingerprint density at radius 2 is 2.38 bits per heavy atom. The molecular weight excluding hydrogens is 370 g/mol. The van der Waals surface area contributed by atoms with Crippen LogP contribution in [-0.2, 0) is 4.74 Å². The minimum absolute atomic E-state index is 0.116. The molecule has 1 aromatic carbocycles. The van der Waals surface area contributed by atoms with Gasteiger partial charge in [-0.15, -0.1) is 0 Å². The molecule has 0 aliphatic carbocycles. The molecule has 0 saturated carbocycles. The molecule has 2 fully saturated rings. The molecule has 1 N–H and O–H groups in total. The zero-order chi connectivity index (χ0) is 14.9. The Labute approximate surface area is 144 Å². The summed E-state index contributed by atoms with van der Waals surface area (Å²) in [7, 11) is 2.04. The van der Waals surface area contributed by atoms with E-state index in [0.29, 0.717) is 12.0 Å². The highest BCUT2D eigenvalue weighted by molar-refractivity contribution is 9.10. The molecule has 0 aromatic heterocycles.